The predicted octanol–water partition coefficient (Wildman–Crippen LogP) is 2.35. The van der Waals surface area contributed by atoms with Crippen LogP contribution >= 0.6 is 0 Å². The van der Waals surface area contributed by atoms with Gasteiger partial charge in [-0.05, 0) is 26.0 Å². The summed E-state index contributed by atoms with van der Waals surface area (Å²) in [5.41, 5.74) is 0.652. The molecule has 1 heterocycles. The SMILES string of the molecule is CC(C)N1C(=O)CCOc2cc(F)ccc21. The zero-order chi connectivity index (χ0) is 11.7. The Hall–Kier alpha value is -1.58. The molecule has 1 aromatic rings. The molecule has 0 spiro atoms. The first-order chi connectivity index (χ1) is 7.59. The highest BCUT2D eigenvalue weighted by atomic mass is 19.1. The molecule has 0 aliphatic carbocycles. The van der Waals surface area contributed by atoms with Gasteiger partial charge in [0, 0.05) is 12.1 Å². The Labute approximate surface area is 93.8 Å². The molecule has 0 atom stereocenters. The van der Waals surface area contributed by atoms with Crippen molar-refractivity contribution >= 4 is 11.6 Å². The summed E-state index contributed by atoms with van der Waals surface area (Å²) in [6.07, 6.45) is 0.328. The number of rotatable bonds is 1. The monoisotopic (exact) mass is 223 g/mol. The second-order valence-corrected chi connectivity index (χ2v) is 4.07. The van der Waals surface area contributed by atoms with E-state index >= 15 is 0 Å². The number of ether oxygens (including phenoxy) is 1. The molecule has 0 N–H and O–H groups in total. The number of anilines is 1. The van der Waals surface area contributed by atoms with Gasteiger partial charge in [0.15, 0.2) is 0 Å². The van der Waals surface area contributed by atoms with Crippen LogP contribution in [0.1, 0.15) is 20.3 Å². The molecule has 1 aliphatic rings. The number of carbonyl (C=O) groups excluding carboxylic acids is 1. The van der Waals surface area contributed by atoms with Crippen LogP contribution in [0.2, 0.25) is 0 Å². The lowest BCUT2D eigenvalue weighted by Crippen LogP contribution is -2.36. The second kappa shape index (κ2) is 4.12. The van der Waals surface area contributed by atoms with Crippen molar-refractivity contribution in [1.29, 1.82) is 0 Å². The van der Waals surface area contributed by atoms with E-state index in [0.717, 1.165) is 0 Å². The molecule has 0 aromatic heterocycles. The minimum Gasteiger partial charge on any atom is -0.491 e. The number of amides is 1. The van der Waals surface area contributed by atoms with Crippen molar-refractivity contribution in [2.24, 2.45) is 0 Å². The van der Waals surface area contributed by atoms with Gasteiger partial charge in [-0.3, -0.25) is 4.79 Å². The average Bonchev–Trinajstić information content (AvgIpc) is 2.35. The minimum atomic E-state index is -0.350. The molecule has 1 aliphatic heterocycles. The molecule has 0 bridgehead atoms. The number of hydrogen-bond acceptors (Lipinski definition) is 2. The number of carbonyl (C=O) groups is 1. The Morgan fingerprint density at radius 2 is 2.19 bits per heavy atom. The fourth-order valence-corrected chi connectivity index (χ4v) is 1.87. The Bertz CT molecular complexity index is 417. The van der Waals surface area contributed by atoms with Gasteiger partial charge in [0.2, 0.25) is 5.91 Å². The fraction of sp³-hybridized carbons (Fsp3) is 0.417. The molecular formula is C12H14FNO2. The van der Waals surface area contributed by atoms with Gasteiger partial charge in [-0.25, -0.2) is 4.39 Å². The zero-order valence-corrected chi connectivity index (χ0v) is 9.37. The van der Waals surface area contributed by atoms with Crippen LogP contribution in [0.5, 0.6) is 5.75 Å². The van der Waals surface area contributed by atoms with Gasteiger partial charge in [0.1, 0.15) is 11.6 Å². The first-order valence-electron chi connectivity index (χ1n) is 5.34. The summed E-state index contributed by atoms with van der Waals surface area (Å²) in [5.74, 6) is 0.108. The standard InChI is InChI=1S/C12H14FNO2/c1-8(2)14-10-4-3-9(13)7-11(10)16-6-5-12(14)15/h3-4,7-8H,5-6H2,1-2H3. The van der Waals surface area contributed by atoms with E-state index in [1.54, 1.807) is 11.0 Å². The summed E-state index contributed by atoms with van der Waals surface area (Å²) < 4.78 is 18.4. The molecule has 2 rings (SSSR count). The van der Waals surface area contributed by atoms with Gasteiger partial charge < -0.3 is 9.64 Å². The highest BCUT2D eigenvalue weighted by Crippen LogP contribution is 2.33. The first kappa shape index (κ1) is 10.9. The van der Waals surface area contributed by atoms with Crippen molar-refractivity contribution in [3.63, 3.8) is 0 Å². The summed E-state index contributed by atoms with van der Waals surface area (Å²) in [4.78, 5) is 13.5. The van der Waals surface area contributed by atoms with Crippen molar-refractivity contribution < 1.29 is 13.9 Å². The van der Waals surface area contributed by atoms with Crippen LogP contribution in [0, 0.1) is 5.82 Å². The number of fused-ring (bicyclic) bond motifs is 1. The Morgan fingerprint density at radius 1 is 1.44 bits per heavy atom. The lowest BCUT2D eigenvalue weighted by Gasteiger charge is -2.25. The molecule has 1 amide bonds. The maximum atomic E-state index is 13.1. The van der Waals surface area contributed by atoms with E-state index in [1.807, 2.05) is 13.8 Å². The normalized spacial score (nSPS) is 15.8. The molecule has 16 heavy (non-hydrogen) atoms. The third-order valence-corrected chi connectivity index (χ3v) is 2.54. The van der Waals surface area contributed by atoms with Crippen LogP contribution in [0.3, 0.4) is 0 Å². The lowest BCUT2D eigenvalue weighted by molar-refractivity contribution is -0.119. The van der Waals surface area contributed by atoms with Crippen molar-refractivity contribution in [2.75, 3.05) is 11.5 Å². The second-order valence-electron chi connectivity index (χ2n) is 4.07. The molecule has 86 valence electrons. The molecular weight excluding hydrogens is 209 g/mol. The summed E-state index contributed by atoms with van der Waals surface area (Å²) in [6.45, 7) is 4.16. The highest BCUT2D eigenvalue weighted by Gasteiger charge is 2.25. The summed E-state index contributed by atoms with van der Waals surface area (Å²) in [5, 5.41) is 0. The number of hydrogen-bond donors (Lipinski definition) is 0. The van der Waals surface area contributed by atoms with Crippen molar-refractivity contribution in [1.82, 2.24) is 0 Å². The van der Waals surface area contributed by atoms with Crippen molar-refractivity contribution in [3.8, 4) is 5.75 Å². The lowest BCUT2D eigenvalue weighted by atomic mass is 10.2. The maximum Gasteiger partial charge on any atom is 0.230 e. The third kappa shape index (κ3) is 1.87. The van der Waals surface area contributed by atoms with Gasteiger partial charge in [-0.1, -0.05) is 0 Å². The Morgan fingerprint density at radius 3 is 2.88 bits per heavy atom. The van der Waals surface area contributed by atoms with E-state index in [1.165, 1.54) is 12.1 Å². The van der Waals surface area contributed by atoms with E-state index < -0.39 is 0 Å². The average molecular weight is 223 g/mol. The van der Waals surface area contributed by atoms with Gasteiger partial charge >= 0.3 is 0 Å². The van der Waals surface area contributed by atoms with Crippen LogP contribution in [0.4, 0.5) is 10.1 Å². The molecule has 0 saturated heterocycles. The fourth-order valence-electron chi connectivity index (χ4n) is 1.87. The number of halogens is 1. The minimum absolute atomic E-state index is 0.0142. The molecule has 4 heteroatoms. The van der Waals surface area contributed by atoms with Gasteiger partial charge in [0.25, 0.3) is 0 Å². The van der Waals surface area contributed by atoms with Crippen molar-refractivity contribution in [2.45, 2.75) is 26.3 Å². The van der Waals surface area contributed by atoms with E-state index in [-0.39, 0.29) is 17.8 Å². The Balaban J connectivity index is 2.50. The van der Waals surface area contributed by atoms with Crippen LogP contribution in [-0.4, -0.2) is 18.6 Å². The van der Waals surface area contributed by atoms with Crippen molar-refractivity contribution in [3.05, 3.63) is 24.0 Å². The number of benzene rings is 1. The van der Waals surface area contributed by atoms with E-state index in [0.29, 0.717) is 24.5 Å². The first-order valence-corrected chi connectivity index (χ1v) is 5.34. The van der Waals surface area contributed by atoms with Crippen LogP contribution in [0.25, 0.3) is 0 Å². The van der Waals surface area contributed by atoms with Gasteiger partial charge in [-0.15, -0.1) is 0 Å². The van der Waals surface area contributed by atoms with Gasteiger partial charge in [-0.2, -0.15) is 0 Å². The molecule has 0 saturated carbocycles. The molecule has 3 nitrogen and oxygen atoms in total. The van der Waals surface area contributed by atoms with E-state index in [2.05, 4.69) is 0 Å². The zero-order valence-electron chi connectivity index (χ0n) is 9.37. The topological polar surface area (TPSA) is 29.5 Å². The van der Waals surface area contributed by atoms with Crippen LogP contribution < -0.4 is 9.64 Å². The summed E-state index contributed by atoms with van der Waals surface area (Å²) in [7, 11) is 0. The van der Waals surface area contributed by atoms with Crippen LogP contribution in [-0.2, 0) is 4.79 Å². The highest BCUT2D eigenvalue weighted by molar-refractivity contribution is 5.96. The molecule has 1 aromatic carbocycles. The third-order valence-electron chi connectivity index (χ3n) is 2.54. The molecule has 0 radical (unpaired) electrons. The predicted molar refractivity (Wildman–Crippen MR) is 59.1 cm³/mol. The Kier molecular flexibility index (Phi) is 2.81. The summed E-state index contributed by atoms with van der Waals surface area (Å²) in [6, 6.07) is 4.30. The summed E-state index contributed by atoms with van der Waals surface area (Å²) >= 11 is 0. The van der Waals surface area contributed by atoms with E-state index in [9.17, 15) is 9.18 Å². The smallest absolute Gasteiger partial charge is 0.230 e. The van der Waals surface area contributed by atoms with E-state index in [4.69, 9.17) is 4.74 Å². The maximum absolute atomic E-state index is 13.1. The van der Waals surface area contributed by atoms with Gasteiger partial charge in [0.05, 0.1) is 18.7 Å². The van der Waals surface area contributed by atoms with Crippen LogP contribution in [0.15, 0.2) is 18.2 Å². The number of nitrogens with zero attached hydrogens (tertiary/aromatic N) is 1. The molecule has 0 fully saturated rings. The largest absolute Gasteiger partial charge is 0.491 e. The quantitative estimate of drug-likeness (QED) is 0.731. The molecule has 0 unspecified atom stereocenters.